The highest BCUT2D eigenvalue weighted by Crippen LogP contribution is 2.42. The molecule has 1 aromatic carbocycles. The summed E-state index contributed by atoms with van der Waals surface area (Å²) in [5.74, 6) is 2.57. The average molecular weight is 441 g/mol. The number of hydrogen-bond donors (Lipinski definition) is 0. The molecule has 1 amide bonds. The van der Waals surface area contributed by atoms with E-state index in [9.17, 15) is 4.79 Å². The number of aryl methyl sites for hydroxylation is 2. The van der Waals surface area contributed by atoms with Gasteiger partial charge in [-0.3, -0.25) is 0 Å². The summed E-state index contributed by atoms with van der Waals surface area (Å²) in [5, 5.41) is 1.09. The number of ether oxygens (including phenoxy) is 2. The number of amides is 1. The maximum atomic E-state index is 12.1. The van der Waals surface area contributed by atoms with Gasteiger partial charge in [0.15, 0.2) is 0 Å². The molecule has 8 heteroatoms. The van der Waals surface area contributed by atoms with Crippen LogP contribution in [0.2, 0.25) is 0 Å². The van der Waals surface area contributed by atoms with Crippen molar-refractivity contribution in [2.24, 2.45) is 0 Å². The van der Waals surface area contributed by atoms with E-state index in [1.165, 1.54) is 10.4 Å². The van der Waals surface area contributed by atoms with E-state index >= 15 is 0 Å². The second kappa shape index (κ2) is 9.09. The lowest BCUT2D eigenvalue weighted by Gasteiger charge is -2.35. The van der Waals surface area contributed by atoms with Crippen LogP contribution < -0.4 is 9.64 Å². The van der Waals surface area contributed by atoms with Crippen molar-refractivity contribution in [1.82, 2.24) is 14.9 Å². The molecule has 0 unspecified atom stereocenters. The molecule has 0 bridgehead atoms. The number of aromatic nitrogens is 2. The third-order valence-corrected chi connectivity index (χ3v) is 6.38. The summed E-state index contributed by atoms with van der Waals surface area (Å²) in [7, 11) is 0. The third kappa shape index (κ3) is 4.30. The van der Waals surface area contributed by atoms with Gasteiger partial charge in [0.2, 0.25) is 0 Å². The Bertz CT molecular complexity index is 1070. The van der Waals surface area contributed by atoms with Crippen LogP contribution in [0.3, 0.4) is 0 Å². The number of benzene rings is 1. The van der Waals surface area contributed by atoms with Crippen molar-refractivity contribution in [3.8, 4) is 16.9 Å². The monoisotopic (exact) mass is 440 g/mol. The normalized spacial score (nSPS) is 14.2. The Hall–Kier alpha value is -2.87. The number of carbonyl (C=O) groups is 1. The Morgan fingerprint density at radius 2 is 1.74 bits per heavy atom. The largest absolute Gasteiger partial charge is 0.494 e. The number of hydrogen-bond acceptors (Lipinski definition) is 7. The van der Waals surface area contributed by atoms with Crippen molar-refractivity contribution in [1.29, 1.82) is 0 Å². The molecule has 1 aliphatic rings. The fourth-order valence-corrected chi connectivity index (χ4v) is 5.06. The van der Waals surface area contributed by atoms with Gasteiger partial charge in [-0.05, 0) is 45.4 Å². The predicted molar refractivity (Wildman–Crippen MR) is 124 cm³/mol. The molecule has 4 rings (SSSR count). The van der Waals surface area contributed by atoms with Crippen molar-refractivity contribution >= 4 is 33.5 Å². The van der Waals surface area contributed by atoms with E-state index in [0.717, 1.165) is 33.2 Å². The molecule has 1 aliphatic heterocycles. The van der Waals surface area contributed by atoms with E-state index < -0.39 is 0 Å². The highest BCUT2D eigenvalue weighted by atomic mass is 32.1. The molecule has 1 saturated heterocycles. The topological polar surface area (TPSA) is 67.8 Å². The van der Waals surface area contributed by atoms with Crippen LogP contribution in [0.25, 0.3) is 21.3 Å². The van der Waals surface area contributed by atoms with Gasteiger partial charge in [-0.1, -0.05) is 12.1 Å². The summed E-state index contributed by atoms with van der Waals surface area (Å²) in [4.78, 5) is 27.9. The zero-order valence-corrected chi connectivity index (χ0v) is 19.3. The molecule has 7 nitrogen and oxygen atoms in total. The molecule has 164 valence electrons. The van der Waals surface area contributed by atoms with Gasteiger partial charge in [0, 0.05) is 36.6 Å². The van der Waals surface area contributed by atoms with Crippen LogP contribution in [0, 0.1) is 13.8 Å². The van der Waals surface area contributed by atoms with Gasteiger partial charge in [0.25, 0.3) is 0 Å². The number of thiophene rings is 1. The molecule has 2 aromatic heterocycles. The minimum absolute atomic E-state index is 0.243. The van der Waals surface area contributed by atoms with Crippen molar-refractivity contribution in [3.63, 3.8) is 0 Å². The highest BCUT2D eigenvalue weighted by molar-refractivity contribution is 7.19. The summed E-state index contributed by atoms with van der Waals surface area (Å²) < 4.78 is 10.8. The van der Waals surface area contributed by atoms with E-state index in [2.05, 4.69) is 24.0 Å². The Morgan fingerprint density at radius 1 is 1.03 bits per heavy atom. The maximum Gasteiger partial charge on any atom is 0.409 e. The van der Waals surface area contributed by atoms with Crippen LogP contribution in [0.1, 0.15) is 24.5 Å². The smallest absolute Gasteiger partial charge is 0.409 e. The van der Waals surface area contributed by atoms with Gasteiger partial charge < -0.3 is 19.3 Å². The Labute approximate surface area is 186 Å². The van der Waals surface area contributed by atoms with E-state index in [-0.39, 0.29) is 6.09 Å². The molecule has 0 atom stereocenters. The molecule has 3 aromatic rings. The number of rotatable bonds is 5. The van der Waals surface area contributed by atoms with Gasteiger partial charge in [-0.15, -0.1) is 11.3 Å². The lowest BCUT2D eigenvalue weighted by atomic mass is 10.0. The van der Waals surface area contributed by atoms with E-state index in [4.69, 9.17) is 19.4 Å². The first-order chi connectivity index (χ1) is 15.0. The first kappa shape index (κ1) is 21.4. The van der Waals surface area contributed by atoms with Gasteiger partial charge >= 0.3 is 6.09 Å². The molecule has 0 aliphatic carbocycles. The standard InChI is InChI=1S/C23H28N4O3S/c1-5-29-18-9-7-17(8-10-18)19-15(3)31-22-20(19)21(24-16(4)25-22)26-11-13-27(14-12-26)23(28)30-6-2/h7-10H,5-6,11-14H2,1-4H3. The highest BCUT2D eigenvalue weighted by Gasteiger charge is 2.26. The van der Waals surface area contributed by atoms with Crippen LogP contribution in [0.5, 0.6) is 5.75 Å². The van der Waals surface area contributed by atoms with Gasteiger partial charge in [-0.2, -0.15) is 0 Å². The van der Waals surface area contributed by atoms with Crippen LogP contribution >= 0.6 is 11.3 Å². The zero-order chi connectivity index (χ0) is 22.0. The molecule has 1 fully saturated rings. The number of anilines is 1. The number of nitrogens with zero attached hydrogens (tertiary/aromatic N) is 4. The lowest BCUT2D eigenvalue weighted by molar-refractivity contribution is 0.105. The first-order valence-corrected chi connectivity index (χ1v) is 11.5. The number of fused-ring (bicyclic) bond motifs is 1. The minimum atomic E-state index is -0.243. The van der Waals surface area contributed by atoms with E-state index in [1.54, 1.807) is 16.2 Å². The quantitative estimate of drug-likeness (QED) is 0.575. The molecule has 0 N–H and O–H groups in total. The van der Waals surface area contributed by atoms with Crippen LogP contribution in [-0.2, 0) is 4.74 Å². The molecular weight excluding hydrogens is 412 g/mol. The Balaban J connectivity index is 1.70. The zero-order valence-electron chi connectivity index (χ0n) is 18.5. The Kier molecular flexibility index (Phi) is 6.27. The fourth-order valence-electron chi connectivity index (χ4n) is 3.97. The first-order valence-electron chi connectivity index (χ1n) is 10.7. The minimum Gasteiger partial charge on any atom is -0.494 e. The van der Waals surface area contributed by atoms with Crippen molar-refractivity contribution in [3.05, 3.63) is 35.0 Å². The second-order valence-corrected chi connectivity index (χ2v) is 8.64. The van der Waals surface area contributed by atoms with Crippen LogP contribution in [0.4, 0.5) is 10.6 Å². The van der Waals surface area contributed by atoms with Crippen molar-refractivity contribution < 1.29 is 14.3 Å². The lowest BCUT2D eigenvalue weighted by Crippen LogP contribution is -2.49. The summed E-state index contributed by atoms with van der Waals surface area (Å²) in [6, 6.07) is 8.22. The van der Waals surface area contributed by atoms with Crippen LogP contribution in [-0.4, -0.2) is 60.4 Å². The molecule has 0 spiro atoms. The SMILES string of the molecule is CCOC(=O)N1CCN(c2nc(C)nc3sc(C)c(-c4ccc(OCC)cc4)c23)CC1. The Morgan fingerprint density at radius 3 is 2.39 bits per heavy atom. The molecule has 0 radical (unpaired) electrons. The summed E-state index contributed by atoms with van der Waals surface area (Å²) >= 11 is 1.70. The summed E-state index contributed by atoms with van der Waals surface area (Å²) in [6.07, 6.45) is -0.243. The molecular formula is C23H28N4O3S. The fraction of sp³-hybridized carbons (Fsp3) is 0.435. The number of piperazine rings is 1. The third-order valence-electron chi connectivity index (χ3n) is 5.38. The van der Waals surface area contributed by atoms with Gasteiger partial charge in [-0.25, -0.2) is 14.8 Å². The predicted octanol–water partition coefficient (Wildman–Crippen LogP) is 4.65. The van der Waals surface area contributed by atoms with E-state index in [0.29, 0.717) is 39.4 Å². The van der Waals surface area contributed by atoms with E-state index in [1.807, 2.05) is 32.9 Å². The second-order valence-electron chi connectivity index (χ2n) is 7.44. The maximum absolute atomic E-state index is 12.1. The molecule has 0 saturated carbocycles. The number of carbonyl (C=O) groups excluding carboxylic acids is 1. The van der Waals surface area contributed by atoms with Gasteiger partial charge in [0.05, 0.1) is 18.6 Å². The van der Waals surface area contributed by atoms with Crippen molar-refractivity contribution in [2.75, 3.05) is 44.3 Å². The summed E-state index contributed by atoms with van der Waals surface area (Å²) in [6.45, 7) is 11.6. The van der Waals surface area contributed by atoms with Crippen molar-refractivity contribution in [2.45, 2.75) is 27.7 Å². The molecule has 31 heavy (non-hydrogen) atoms. The molecule has 3 heterocycles. The van der Waals surface area contributed by atoms with Crippen LogP contribution in [0.15, 0.2) is 24.3 Å². The summed E-state index contributed by atoms with van der Waals surface area (Å²) in [5.41, 5.74) is 2.30. The van der Waals surface area contributed by atoms with Gasteiger partial charge in [0.1, 0.15) is 22.2 Å². The average Bonchev–Trinajstić information content (AvgIpc) is 3.09.